The summed E-state index contributed by atoms with van der Waals surface area (Å²) < 4.78 is 0. The molecule has 0 radical (unpaired) electrons. The third-order valence-electron chi connectivity index (χ3n) is 4.97. The molecule has 1 aliphatic carbocycles. The standard InChI is InChI=1S/C17H21Cl2NO/c18-14-6-3-5-13(17(14)19)8-9-16(21)20-11-10-12-4-1-2-7-15(12)20/h3,5-6,12,15H,1-2,4,7-11H2. The van der Waals surface area contributed by atoms with Crippen molar-refractivity contribution in [1.82, 2.24) is 4.90 Å². The maximum atomic E-state index is 12.5. The fourth-order valence-corrected chi connectivity index (χ4v) is 4.26. The van der Waals surface area contributed by atoms with Crippen molar-refractivity contribution in [1.29, 1.82) is 0 Å². The second-order valence-electron chi connectivity index (χ2n) is 6.20. The van der Waals surface area contributed by atoms with Crippen molar-refractivity contribution < 1.29 is 4.79 Å². The summed E-state index contributed by atoms with van der Waals surface area (Å²) in [6, 6.07) is 6.12. The highest BCUT2D eigenvalue weighted by Gasteiger charge is 2.37. The van der Waals surface area contributed by atoms with Crippen molar-refractivity contribution in [2.45, 2.75) is 51.0 Å². The van der Waals surface area contributed by atoms with Crippen LogP contribution in [-0.2, 0) is 11.2 Å². The Balaban J connectivity index is 1.60. The van der Waals surface area contributed by atoms with Gasteiger partial charge in [-0.2, -0.15) is 0 Å². The summed E-state index contributed by atoms with van der Waals surface area (Å²) in [5, 5.41) is 1.15. The van der Waals surface area contributed by atoms with Crippen molar-refractivity contribution in [2.24, 2.45) is 5.92 Å². The topological polar surface area (TPSA) is 20.3 Å². The zero-order valence-electron chi connectivity index (χ0n) is 12.2. The lowest BCUT2D eigenvalue weighted by atomic mass is 9.85. The highest BCUT2D eigenvalue weighted by molar-refractivity contribution is 6.42. The molecule has 0 spiro atoms. The minimum Gasteiger partial charge on any atom is -0.339 e. The van der Waals surface area contributed by atoms with Crippen LogP contribution in [0, 0.1) is 5.92 Å². The highest BCUT2D eigenvalue weighted by Crippen LogP contribution is 2.36. The molecule has 2 aliphatic rings. The maximum absolute atomic E-state index is 12.5. The van der Waals surface area contributed by atoms with Crippen LogP contribution in [0.25, 0.3) is 0 Å². The van der Waals surface area contributed by atoms with Crippen LogP contribution in [0.15, 0.2) is 18.2 Å². The molecule has 0 aromatic heterocycles. The zero-order chi connectivity index (χ0) is 14.8. The molecule has 114 valence electrons. The van der Waals surface area contributed by atoms with Crippen LogP contribution in [0.1, 0.15) is 44.1 Å². The molecule has 2 nitrogen and oxygen atoms in total. The Bertz CT molecular complexity index is 532. The predicted molar refractivity (Wildman–Crippen MR) is 86.9 cm³/mol. The number of fused-ring (bicyclic) bond motifs is 1. The Morgan fingerprint density at radius 2 is 2.00 bits per heavy atom. The van der Waals surface area contributed by atoms with Crippen LogP contribution in [0.5, 0.6) is 0 Å². The average molecular weight is 326 g/mol. The van der Waals surface area contributed by atoms with Gasteiger partial charge in [-0.05, 0) is 43.2 Å². The summed E-state index contributed by atoms with van der Waals surface area (Å²) in [7, 11) is 0. The average Bonchev–Trinajstić information content (AvgIpc) is 2.92. The lowest BCUT2D eigenvalue weighted by Gasteiger charge is -2.31. The summed E-state index contributed by atoms with van der Waals surface area (Å²) in [5.41, 5.74) is 0.969. The van der Waals surface area contributed by atoms with E-state index in [9.17, 15) is 4.79 Å². The third kappa shape index (κ3) is 3.22. The molecule has 1 aliphatic heterocycles. The van der Waals surface area contributed by atoms with E-state index in [1.165, 1.54) is 32.1 Å². The molecule has 3 rings (SSSR count). The normalized spacial score (nSPS) is 25.0. The molecule has 2 unspecified atom stereocenters. The van der Waals surface area contributed by atoms with Crippen LogP contribution in [0.4, 0.5) is 0 Å². The van der Waals surface area contributed by atoms with Crippen molar-refractivity contribution in [3.8, 4) is 0 Å². The van der Waals surface area contributed by atoms with Crippen molar-refractivity contribution >= 4 is 29.1 Å². The van der Waals surface area contributed by atoms with E-state index in [4.69, 9.17) is 23.2 Å². The van der Waals surface area contributed by atoms with Gasteiger partial charge in [0, 0.05) is 19.0 Å². The smallest absolute Gasteiger partial charge is 0.223 e. The number of rotatable bonds is 3. The monoisotopic (exact) mass is 325 g/mol. The minimum atomic E-state index is 0.278. The number of likely N-dealkylation sites (tertiary alicyclic amines) is 1. The first-order chi connectivity index (χ1) is 10.2. The number of hydrogen-bond donors (Lipinski definition) is 0. The van der Waals surface area contributed by atoms with Crippen LogP contribution in [0.3, 0.4) is 0 Å². The van der Waals surface area contributed by atoms with Crippen molar-refractivity contribution in [3.63, 3.8) is 0 Å². The largest absolute Gasteiger partial charge is 0.339 e. The van der Waals surface area contributed by atoms with E-state index < -0.39 is 0 Å². The second-order valence-corrected chi connectivity index (χ2v) is 6.99. The van der Waals surface area contributed by atoms with Gasteiger partial charge in [-0.15, -0.1) is 0 Å². The van der Waals surface area contributed by atoms with Gasteiger partial charge in [0.15, 0.2) is 0 Å². The molecule has 1 amide bonds. The second kappa shape index (κ2) is 6.58. The number of benzene rings is 1. The molecule has 1 aromatic rings. The van der Waals surface area contributed by atoms with E-state index in [2.05, 4.69) is 4.90 Å². The molecule has 1 aromatic carbocycles. The van der Waals surface area contributed by atoms with Crippen LogP contribution in [0.2, 0.25) is 10.0 Å². The minimum absolute atomic E-state index is 0.278. The summed E-state index contributed by atoms with van der Waals surface area (Å²) in [6.07, 6.45) is 7.49. The van der Waals surface area contributed by atoms with Gasteiger partial charge in [-0.1, -0.05) is 48.2 Å². The molecule has 1 saturated carbocycles. The number of carbonyl (C=O) groups is 1. The number of amides is 1. The van der Waals surface area contributed by atoms with Crippen molar-refractivity contribution in [3.05, 3.63) is 33.8 Å². The van der Waals surface area contributed by atoms with Crippen LogP contribution >= 0.6 is 23.2 Å². The van der Waals surface area contributed by atoms with Gasteiger partial charge >= 0.3 is 0 Å². The molecule has 4 heteroatoms. The first-order valence-electron chi connectivity index (χ1n) is 7.89. The molecule has 2 fully saturated rings. The zero-order valence-corrected chi connectivity index (χ0v) is 13.7. The van der Waals surface area contributed by atoms with E-state index in [-0.39, 0.29) is 5.91 Å². The predicted octanol–water partition coefficient (Wildman–Crippen LogP) is 4.72. The number of carbonyl (C=O) groups excluding carboxylic acids is 1. The van der Waals surface area contributed by atoms with Gasteiger partial charge in [0.25, 0.3) is 0 Å². The van der Waals surface area contributed by atoms with Gasteiger partial charge in [-0.25, -0.2) is 0 Å². The Labute approximate surface area is 136 Å². The lowest BCUT2D eigenvalue weighted by molar-refractivity contribution is -0.132. The van der Waals surface area contributed by atoms with Gasteiger partial charge < -0.3 is 4.90 Å². The quantitative estimate of drug-likeness (QED) is 0.787. The SMILES string of the molecule is O=C(CCc1cccc(Cl)c1Cl)N1CCC2CCCCC21. The van der Waals surface area contributed by atoms with Crippen molar-refractivity contribution in [2.75, 3.05) is 6.54 Å². The number of nitrogens with zero attached hydrogens (tertiary/aromatic N) is 1. The van der Waals surface area contributed by atoms with Crippen LogP contribution < -0.4 is 0 Å². The Hall–Kier alpha value is -0.730. The molecule has 1 saturated heterocycles. The number of halogens is 2. The fraction of sp³-hybridized carbons (Fsp3) is 0.588. The molecule has 0 bridgehead atoms. The summed E-state index contributed by atoms with van der Waals surface area (Å²) >= 11 is 12.2. The summed E-state index contributed by atoms with van der Waals surface area (Å²) in [5.74, 6) is 1.03. The lowest BCUT2D eigenvalue weighted by Crippen LogP contribution is -2.39. The first-order valence-corrected chi connectivity index (χ1v) is 8.65. The maximum Gasteiger partial charge on any atom is 0.223 e. The molecule has 2 atom stereocenters. The highest BCUT2D eigenvalue weighted by atomic mass is 35.5. The van der Waals surface area contributed by atoms with E-state index in [1.54, 1.807) is 6.07 Å². The Morgan fingerprint density at radius 3 is 2.86 bits per heavy atom. The molecule has 21 heavy (non-hydrogen) atoms. The van der Waals surface area contributed by atoms with Gasteiger partial charge in [0.2, 0.25) is 5.91 Å². The van der Waals surface area contributed by atoms with Gasteiger partial charge in [-0.3, -0.25) is 4.79 Å². The van der Waals surface area contributed by atoms with E-state index >= 15 is 0 Å². The number of aryl methyl sites for hydroxylation is 1. The van der Waals surface area contributed by atoms with Crippen LogP contribution in [-0.4, -0.2) is 23.4 Å². The van der Waals surface area contributed by atoms with Gasteiger partial charge in [0.1, 0.15) is 0 Å². The van der Waals surface area contributed by atoms with E-state index in [0.29, 0.717) is 28.9 Å². The Morgan fingerprint density at radius 1 is 1.19 bits per heavy atom. The molecule has 0 N–H and O–H groups in total. The Kier molecular flexibility index (Phi) is 4.75. The summed E-state index contributed by atoms with van der Waals surface area (Å²) in [6.45, 7) is 0.942. The first kappa shape index (κ1) is 15.2. The fourth-order valence-electron chi connectivity index (χ4n) is 3.84. The van der Waals surface area contributed by atoms with E-state index in [0.717, 1.165) is 18.0 Å². The third-order valence-corrected chi connectivity index (χ3v) is 5.83. The number of hydrogen-bond acceptors (Lipinski definition) is 1. The molecular weight excluding hydrogens is 305 g/mol. The summed E-state index contributed by atoms with van der Waals surface area (Å²) in [4.78, 5) is 14.6. The van der Waals surface area contributed by atoms with E-state index in [1.807, 2.05) is 12.1 Å². The molecular formula is C17H21Cl2NO. The molecule has 1 heterocycles. The van der Waals surface area contributed by atoms with Gasteiger partial charge in [0.05, 0.1) is 10.0 Å².